The fraction of sp³-hybridized carbons (Fsp3) is 0.417. The van der Waals surface area contributed by atoms with Gasteiger partial charge in [-0.25, -0.2) is 18.4 Å². The van der Waals surface area contributed by atoms with Gasteiger partial charge in [0.15, 0.2) is 0 Å². The molecule has 0 atom stereocenters. The molecule has 110 valence electrons. The molecule has 0 bridgehead atoms. The number of ether oxygens (including phenoxy) is 2. The number of hydrogen-bond acceptors (Lipinski definition) is 5. The zero-order chi connectivity index (χ0) is 14.8. The van der Waals surface area contributed by atoms with Crippen LogP contribution in [0.4, 0.5) is 0 Å². The van der Waals surface area contributed by atoms with Crippen LogP contribution in [-0.4, -0.2) is 33.7 Å². The lowest BCUT2D eigenvalue weighted by molar-refractivity contribution is -0.0160. The topological polar surface area (TPSA) is 95.7 Å². The van der Waals surface area contributed by atoms with Gasteiger partial charge in [0.05, 0.1) is 23.7 Å². The van der Waals surface area contributed by atoms with Crippen LogP contribution in [-0.2, 0) is 19.5 Å². The maximum Gasteiger partial charge on any atom is 0.339 e. The molecule has 1 aliphatic rings. The van der Waals surface area contributed by atoms with Gasteiger partial charge in [0, 0.05) is 17.3 Å². The minimum absolute atomic E-state index is 0.125. The highest BCUT2D eigenvalue weighted by molar-refractivity contribution is 9.10. The van der Waals surface area contributed by atoms with E-state index in [2.05, 4.69) is 15.9 Å². The lowest BCUT2D eigenvalue weighted by Crippen LogP contribution is -2.26. The molecule has 1 fully saturated rings. The number of nitrogens with two attached hydrogens (primary N) is 1. The van der Waals surface area contributed by atoms with Gasteiger partial charge in [-0.05, 0) is 34.1 Å². The molecule has 1 saturated heterocycles. The first kappa shape index (κ1) is 15.4. The predicted molar refractivity (Wildman–Crippen MR) is 74.8 cm³/mol. The van der Waals surface area contributed by atoms with Crippen LogP contribution < -0.4 is 5.14 Å². The van der Waals surface area contributed by atoms with Gasteiger partial charge in [0.2, 0.25) is 10.0 Å². The largest absolute Gasteiger partial charge is 0.459 e. The molecule has 0 aromatic heterocycles. The number of benzene rings is 1. The summed E-state index contributed by atoms with van der Waals surface area (Å²) in [5.74, 6) is -0.575. The quantitative estimate of drug-likeness (QED) is 0.819. The molecular weight excluding hydrogens is 350 g/mol. The SMILES string of the molecule is NS(=O)(=O)c1ccc(Br)c(C(=O)OC2CCOCC2)c1. The summed E-state index contributed by atoms with van der Waals surface area (Å²) in [6, 6.07) is 3.99. The van der Waals surface area contributed by atoms with Crippen molar-refractivity contribution in [2.45, 2.75) is 23.8 Å². The van der Waals surface area contributed by atoms with Crippen LogP contribution in [0.3, 0.4) is 0 Å². The second-order valence-electron chi connectivity index (χ2n) is 4.40. The van der Waals surface area contributed by atoms with E-state index in [-0.39, 0.29) is 16.6 Å². The van der Waals surface area contributed by atoms with Crippen molar-refractivity contribution in [1.82, 2.24) is 0 Å². The van der Waals surface area contributed by atoms with Crippen LogP contribution in [0.15, 0.2) is 27.6 Å². The van der Waals surface area contributed by atoms with E-state index in [0.29, 0.717) is 30.5 Å². The second kappa shape index (κ2) is 6.21. The summed E-state index contributed by atoms with van der Waals surface area (Å²) in [5, 5.41) is 5.05. The fourth-order valence-corrected chi connectivity index (χ4v) is 2.79. The molecule has 1 aromatic carbocycles. The average molecular weight is 364 g/mol. The standard InChI is InChI=1S/C12H14BrNO5S/c13-11-2-1-9(20(14,16)17)7-10(11)12(15)19-8-3-5-18-6-4-8/h1-2,7-8H,3-6H2,(H2,14,16,17). The molecule has 0 aliphatic carbocycles. The molecule has 2 rings (SSSR count). The molecule has 1 aliphatic heterocycles. The number of rotatable bonds is 3. The highest BCUT2D eigenvalue weighted by Gasteiger charge is 2.22. The molecular formula is C12H14BrNO5S. The van der Waals surface area contributed by atoms with Crippen molar-refractivity contribution in [3.63, 3.8) is 0 Å². The van der Waals surface area contributed by atoms with E-state index in [9.17, 15) is 13.2 Å². The van der Waals surface area contributed by atoms with Crippen LogP contribution >= 0.6 is 15.9 Å². The summed E-state index contributed by atoms with van der Waals surface area (Å²) in [6.45, 7) is 1.10. The number of hydrogen-bond donors (Lipinski definition) is 1. The van der Waals surface area contributed by atoms with Crippen molar-refractivity contribution in [2.75, 3.05) is 13.2 Å². The van der Waals surface area contributed by atoms with Crippen molar-refractivity contribution < 1.29 is 22.7 Å². The highest BCUT2D eigenvalue weighted by atomic mass is 79.9. The second-order valence-corrected chi connectivity index (χ2v) is 6.82. The fourth-order valence-electron chi connectivity index (χ4n) is 1.85. The molecule has 0 radical (unpaired) electrons. The number of carbonyl (C=O) groups excluding carboxylic acids is 1. The van der Waals surface area contributed by atoms with Gasteiger partial charge < -0.3 is 9.47 Å². The molecule has 6 nitrogen and oxygen atoms in total. The van der Waals surface area contributed by atoms with Crippen molar-refractivity contribution in [3.05, 3.63) is 28.2 Å². The van der Waals surface area contributed by atoms with Crippen LogP contribution in [0.5, 0.6) is 0 Å². The molecule has 20 heavy (non-hydrogen) atoms. The minimum Gasteiger partial charge on any atom is -0.459 e. The van der Waals surface area contributed by atoms with Gasteiger partial charge in [-0.15, -0.1) is 0 Å². The molecule has 1 heterocycles. The first-order valence-corrected chi connectivity index (χ1v) is 8.33. The molecule has 0 saturated carbocycles. The molecule has 2 N–H and O–H groups in total. The Bertz CT molecular complexity index is 610. The smallest absolute Gasteiger partial charge is 0.339 e. The van der Waals surface area contributed by atoms with Crippen LogP contribution in [0.2, 0.25) is 0 Å². The molecule has 8 heteroatoms. The van der Waals surface area contributed by atoms with E-state index in [1.165, 1.54) is 18.2 Å². The maximum absolute atomic E-state index is 12.1. The van der Waals surface area contributed by atoms with Gasteiger partial charge in [-0.1, -0.05) is 0 Å². The van der Waals surface area contributed by atoms with Crippen LogP contribution in [0.1, 0.15) is 23.2 Å². The van der Waals surface area contributed by atoms with Gasteiger partial charge in [-0.2, -0.15) is 0 Å². The zero-order valence-electron chi connectivity index (χ0n) is 10.5. The normalized spacial score (nSPS) is 16.9. The summed E-state index contributed by atoms with van der Waals surface area (Å²) >= 11 is 3.20. The third kappa shape index (κ3) is 3.78. The van der Waals surface area contributed by atoms with E-state index in [1.807, 2.05) is 0 Å². The predicted octanol–water partition coefficient (Wildman–Crippen LogP) is 1.43. The Labute approximate surface area is 125 Å². The lowest BCUT2D eigenvalue weighted by Gasteiger charge is -2.22. The summed E-state index contributed by atoms with van der Waals surface area (Å²) in [7, 11) is -3.86. The third-order valence-electron chi connectivity index (χ3n) is 2.93. The monoisotopic (exact) mass is 363 g/mol. The van der Waals surface area contributed by atoms with Gasteiger partial charge in [0.1, 0.15) is 6.10 Å². The van der Waals surface area contributed by atoms with E-state index >= 15 is 0 Å². The molecule has 0 unspecified atom stereocenters. The Morgan fingerprint density at radius 1 is 1.35 bits per heavy atom. The lowest BCUT2D eigenvalue weighted by atomic mass is 10.1. The minimum atomic E-state index is -3.86. The number of esters is 1. The van der Waals surface area contributed by atoms with E-state index < -0.39 is 16.0 Å². The van der Waals surface area contributed by atoms with Crippen LogP contribution in [0, 0.1) is 0 Å². The van der Waals surface area contributed by atoms with E-state index in [0.717, 1.165) is 0 Å². The Hall–Kier alpha value is -0.960. The Kier molecular flexibility index (Phi) is 4.79. The van der Waals surface area contributed by atoms with Crippen molar-refractivity contribution in [1.29, 1.82) is 0 Å². The summed E-state index contributed by atoms with van der Waals surface area (Å²) in [6.07, 6.45) is 1.07. The first-order valence-electron chi connectivity index (χ1n) is 5.99. The number of carbonyl (C=O) groups is 1. The highest BCUT2D eigenvalue weighted by Crippen LogP contribution is 2.23. The summed E-state index contributed by atoms with van der Waals surface area (Å²) < 4.78 is 33.6. The first-order chi connectivity index (χ1) is 9.38. The maximum atomic E-state index is 12.1. The molecule has 0 amide bonds. The Balaban J connectivity index is 2.20. The van der Waals surface area contributed by atoms with Gasteiger partial charge in [0.25, 0.3) is 0 Å². The number of sulfonamides is 1. The molecule has 0 spiro atoms. The summed E-state index contributed by atoms with van der Waals surface area (Å²) in [5.41, 5.74) is 0.142. The van der Waals surface area contributed by atoms with E-state index in [4.69, 9.17) is 14.6 Å². The zero-order valence-corrected chi connectivity index (χ0v) is 12.9. The van der Waals surface area contributed by atoms with E-state index in [1.54, 1.807) is 0 Å². The Morgan fingerprint density at radius 3 is 2.60 bits per heavy atom. The van der Waals surface area contributed by atoms with Crippen LogP contribution in [0.25, 0.3) is 0 Å². The van der Waals surface area contributed by atoms with Gasteiger partial charge >= 0.3 is 5.97 Å². The van der Waals surface area contributed by atoms with Crippen molar-refractivity contribution in [2.24, 2.45) is 5.14 Å². The molecule has 1 aromatic rings. The van der Waals surface area contributed by atoms with Crippen molar-refractivity contribution in [3.8, 4) is 0 Å². The third-order valence-corrected chi connectivity index (χ3v) is 4.53. The van der Waals surface area contributed by atoms with Gasteiger partial charge in [-0.3, -0.25) is 0 Å². The number of halogens is 1. The number of primary sulfonamides is 1. The Morgan fingerprint density at radius 2 is 2.00 bits per heavy atom. The van der Waals surface area contributed by atoms with Crippen molar-refractivity contribution >= 4 is 31.9 Å². The summed E-state index contributed by atoms with van der Waals surface area (Å²) in [4.78, 5) is 12.0. The average Bonchev–Trinajstić information content (AvgIpc) is 2.39.